The summed E-state index contributed by atoms with van der Waals surface area (Å²) in [5, 5.41) is 7.21. The monoisotopic (exact) mass is 473 g/mol. The van der Waals surface area contributed by atoms with Crippen molar-refractivity contribution in [2.75, 3.05) is 31.6 Å². The maximum absolute atomic E-state index is 14.5. The Morgan fingerprint density at radius 1 is 1.24 bits per heavy atom. The van der Waals surface area contributed by atoms with Crippen LogP contribution in [0.25, 0.3) is 11.1 Å². The van der Waals surface area contributed by atoms with E-state index in [1.807, 2.05) is 6.07 Å². The normalized spacial score (nSPS) is 21.7. The van der Waals surface area contributed by atoms with E-state index in [2.05, 4.69) is 22.5 Å². The van der Waals surface area contributed by atoms with E-state index >= 15 is 0 Å². The number of Topliss-reactive ketones (excluding diaryl/α,β-unsaturated/α-hetero) is 1. The molecule has 2 saturated heterocycles. The van der Waals surface area contributed by atoms with Gasteiger partial charge in [-0.3, -0.25) is 9.78 Å². The van der Waals surface area contributed by atoms with E-state index in [0.29, 0.717) is 34.9 Å². The first kappa shape index (κ1) is 24.1. The van der Waals surface area contributed by atoms with Crippen LogP contribution in [-0.2, 0) is 16.0 Å². The van der Waals surface area contributed by atoms with Gasteiger partial charge in [-0.15, -0.1) is 0 Å². The molecule has 2 aliphatic rings. The molecule has 7 heteroatoms. The predicted molar refractivity (Wildman–Crippen MR) is 130 cm³/mol. The molecule has 0 amide bonds. The fourth-order valence-corrected chi connectivity index (χ4v) is 4.91. The lowest BCUT2D eigenvalue weighted by Crippen LogP contribution is -2.41. The second-order valence-electron chi connectivity index (χ2n) is 9.22. The Hall–Kier alpha value is -2.02. The van der Waals surface area contributed by atoms with Gasteiger partial charge in [-0.25, -0.2) is 4.39 Å². The van der Waals surface area contributed by atoms with Gasteiger partial charge in [0.25, 0.3) is 0 Å². The minimum Gasteiger partial charge on any atom is -0.382 e. The van der Waals surface area contributed by atoms with Crippen LogP contribution >= 0.6 is 11.6 Å². The molecule has 3 heterocycles. The summed E-state index contributed by atoms with van der Waals surface area (Å²) in [6.07, 6.45) is 6.88. The number of rotatable bonds is 8. The zero-order valence-electron chi connectivity index (χ0n) is 19.2. The van der Waals surface area contributed by atoms with Crippen molar-refractivity contribution < 1.29 is 13.9 Å². The van der Waals surface area contributed by atoms with Crippen molar-refractivity contribution in [2.45, 2.75) is 51.5 Å². The second kappa shape index (κ2) is 11.4. The first-order valence-corrected chi connectivity index (χ1v) is 12.4. The van der Waals surface area contributed by atoms with Crippen molar-refractivity contribution in [3.63, 3.8) is 0 Å². The summed E-state index contributed by atoms with van der Waals surface area (Å²) >= 11 is 6.45. The number of aromatic nitrogens is 1. The minimum absolute atomic E-state index is 0.0283. The zero-order chi connectivity index (χ0) is 23.2. The molecular weight excluding hydrogens is 441 g/mol. The third-order valence-electron chi connectivity index (χ3n) is 6.93. The van der Waals surface area contributed by atoms with Crippen LogP contribution in [0, 0.1) is 17.7 Å². The molecule has 5 nitrogen and oxygen atoms in total. The van der Waals surface area contributed by atoms with E-state index < -0.39 is 0 Å². The largest absolute Gasteiger partial charge is 0.382 e. The van der Waals surface area contributed by atoms with Gasteiger partial charge in [0.2, 0.25) is 0 Å². The number of halogens is 2. The Kier molecular flexibility index (Phi) is 8.34. The summed E-state index contributed by atoms with van der Waals surface area (Å²) in [6, 6.07) is 7.35. The number of carbonyl (C=O) groups excluding carboxylic acids is 1. The van der Waals surface area contributed by atoms with Crippen molar-refractivity contribution in [1.82, 2.24) is 10.3 Å². The number of ether oxygens (including phenoxy) is 1. The number of pyridine rings is 1. The van der Waals surface area contributed by atoms with Gasteiger partial charge in [-0.05, 0) is 61.8 Å². The molecule has 1 unspecified atom stereocenters. The number of hydrogen-bond acceptors (Lipinski definition) is 5. The third kappa shape index (κ3) is 6.31. The number of anilines is 1. The smallest absolute Gasteiger partial charge is 0.146 e. The number of nitrogens with zero attached hydrogens (tertiary/aromatic N) is 1. The molecule has 1 aromatic heterocycles. The molecule has 0 radical (unpaired) electrons. The van der Waals surface area contributed by atoms with Gasteiger partial charge in [0.15, 0.2) is 0 Å². The number of hydrogen-bond donors (Lipinski definition) is 2. The standard InChI is InChI=1S/C26H33ClFN3O2/c1-2-20-5-3-19(15-29-20)26(32)13-21-12-22(23(27)16-30-21)18-4-6-24(28)25(11-18)31-14-17-7-9-33-10-8-17/h4,6,11-12,16-17,19-20,29,31H,2-3,5,7-10,13-15H2,1H3/t19?,20-/m1/s1. The van der Waals surface area contributed by atoms with Gasteiger partial charge in [0.05, 0.1) is 10.7 Å². The lowest BCUT2D eigenvalue weighted by atomic mass is 9.88. The van der Waals surface area contributed by atoms with Gasteiger partial charge in [0.1, 0.15) is 11.6 Å². The van der Waals surface area contributed by atoms with Gasteiger partial charge in [-0.2, -0.15) is 0 Å². The number of ketones is 1. The van der Waals surface area contributed by atoms with Gasteiger partial charge in [0, 0.05) is 62.1 Å². The van der Waals surface area contributed by atoms with Crippen LogP contribution in [0.4, 0.5) is 10.1 Å². The molecule has 2 aliphatic heterocycles. The Morgan fingerprint density at radius 3 is 2.79 bits per heavy atom. The maximum atomic E-state index is 14.5. The molecule has 2 aromatic rings. The fraction of sp³-hybridized carbons (Fsp3) is 0.538. The molecule has 33 heavy (non-hydrogen) atoms. The summed E-state index contributed by atoms with van der Waals surface area (Å²) < 4.78 is 19.9. The summed E-state index contributed by atoms with van der Waals surface area (Å²) in [4.78, 5) is 17.2. The van der Waals surface area contributed by atoms with E-state index in [-0.39, 0.29) is 23.9 Å². The summed E-state index contributed by atoms with van der Waals surface area (Å²) in [5.41, 5.74) is 2.72. The average molecular weight is 474 g/mol. The molecule has 2 atom stereocenters. The van der Waals surface area contributed by atoms with Crippen LogP contribution in [0.5, 0.6) is 0 Å². The Balaban J connectivity index is 1.45. The molecule has 178 valence electrons. The van der Waals surface area contributed by atoms with Gasteiger partial charge < -0.3 is 15.4 Å². The van der Waals surface area contributed by atoms with Gasteiger partial charge in [-0.1, -0.05) is 24.6 Å². The number of nitrogens with one attached hydrogen (secondary N) is 2. The SMILES string of the molecule is CC[C@@H]1CCC(C(=O)Cc2cc(-c3ccc(F)c(NCC4CCOCC4)c3)c(Cl)cn2)CN1. The zero-order valence-corrected chi connectivity index (χ0v) is 20.0. The Morgan fingerprint density at radius 2 is 2.06 bits per heavy atom. The van der Waals surface area contributed by atoms with Crippen LogP contribution in [0.3, 0.4) is 0 Å². The second-order valence-corrected chi connectivity index (χ2v) is 9.62. The minimum atomic E-state index is -0.290. The first-order chi connectivity index (χ1) is 16.0. The van der Waals surface area contributed by atoms with E-state index in [4.69, 9.17) is 16.3 Å². The summed E-state index contributed by atoms with van der Waals surface area (Å²) in [6.45, 7) is 5.14. The molecule has 2 fully saturated rings. The van der Waals surface area contributed by atoms with Crippen LogP contribution < -0.4 is 10.6 Å². The molecule has 1 aromatic carbocycles. The quantitative estimate of drug-likeness (QED) is 0.547. The first-order valence-electron chi connectivity index (χ1n) is 12.1. The lowest BCUT2D eigenvalue weighted by molar-refractivity contribution is -0.122. The number of benzene rings is 1. The van der Waals surface area contributed by atoms with E-state index in [1.54, 1.807) is 18.3 Å². The third-order valence-corrected chi connectivity index (χ3v) is 7.23. The number of carbonyl (C=O) groups is 1. The molecule has 4 rings (SSSR count). The molecule has 0 saturated carbocycles. The van der Waals surface area contributed by atoms with Crippen molar-refractivity contribution in [3.05, 3.63) is 47.0 Å². The lowest BCUT2D eigenvalue weighted by Gasteiger charge is -2.28. The van der Waals surface area contributed by atoms with E-state index in [1.165, 1.54) is 6.07 Å². The highest BCUT2D eigenvalue weighted by Crippen LogP contribution is 2.31. The molecule has 0 bridgehead atoms. The highest BCUT2D eigenvalue weighted by molar-refractivity contribution is 6.33. The highest BCUT2D eigenvalue weighted by atomic mass is 35.5. The van der Waals surface area contributed by atoms with E-state index in [0.717, 1.165) is 63.0 Å². The Bertz CT molecular complexity index is 957. The van der Waals surface area contributed by atoms with Crippen LogP contribution in [0.1, 0.15) is 44.7 Å². The van der Waals surface area contributed by atoms with Crippen LogP contribution in [0.2, 0.25) is 5.02 Å². The molecule has 0 spiro atoms. The predicted octanol–water partition coefficient (Wildman–Crippen LogP) is 5.27. The van der Waals surface area contributed by atoms with Crippen molar-refractivity contribution >= 4 is 23.1 Å². The Labute approximate surface area is 200 Å². The summed E-state index contributed by atoms with van der Waals surface area (Å²) in [5.74, 6) is 0.420. The van der Waals surface area contributed by atoms with Crippen molar-refractivity contribution in [3.8, 4) is 11.1 Å². The topological polar surface area (TPSA) is 63.2 Å². The molecular formula is C26H33ClFN3O2. The maximum Gasteiger partial charge on any atom is 0.146 e. The molecule has 2 N–H and O–H groups in total. The van der Waals surface area contributed by atoms with Crippen LogP contribution in [-0.4, -0.2) is 43.1 Å². The highest BCUT2D eigenvalue weighted by Gasteiger charge is 2.25. The summed E-state index contributed by atoms with van der Waals surface area (Å²) in [7, 11) is 0. The van der Waals surface area contributed by atoms with E-state index in [9.17, 15) is 9.18 Å². The van der Waals surface area contributed by atoms with Gasteiger partial charge >= 0.3 is 0 Å². The van der Waals surface area contributed by atoms with Crippen molar-refractivity contribution in [2.24, 2.45) is 11.8 Å². The average Bonchev–Trinajstić information content (AvgIpc) is 2.85. The molecule has 0 aliphatic carbocycles. The van der Waals surface area contributed by atoms with Crippen molar-refractivity contribution in [1.29, 1.82) is 0 Å². The van der Waals surface area contributed by atoms with Crippen LogP contribution in [0.15, 0.2) is 30.5 Å². The number of piperidine rings is 1. The fourth-order valence-electron chi connectivity index (χ4n) is 4.69.